The SMILES string of the molecule is CCNc1c(F)cccc1C(=O)NC(C(N)=O)C(C)C. The van der Waals surface area contributed by atoms with Crippen LogP contribution in [-0.4, -0.2) is 24.4 Å². The predicted octanol–water partition coefficient (Wildman–Crippen LogP) is 1.50. The lowest BCUT2D eigenvalue weighted by molar-refractivity contribution is -0.120. The summed E-state index contributed by atoms with van der Waals surface area (Å²) in [6.07, 6.45) is 0. The maximum Gasteiger partial charge on any atom is 0.254 e. The van der Waals surface area contributed by atoms with E-state index in [1.54, 1.807) is 20.8 Å². The van der Waals surface area contributed by atoms with Crippen LogP contribution in [-0.2, 0) is 4.79 Å². The number of benzene rings is 1. The number of nitrogens with two attached hydrogens (primary N) is 1. The van der Waals surface area contributed by atoms with Crippen LogP contribution in [0.5, 0.6) is 0 Å². The summed E-state index contributed by atoms with van der Waals surface area (Å²) in [7, 11) is 0. The molecule has 1 aromatic carbocycles. The Hall–Kier alpha value is -2.11. The zero-order valence-electron chi connectivity index (χ0n) is 11.9. The van der Waals surface area contributed by atoms with Crippen LogP contribution in [0.3, 0.4) is 0 Å². The predicted molar refractivity (Wildman–Crippen MR) is 75.9 cm³/mol. The van der Waals surface area contributed by atoms with Crippen molar-refractivity contribution < 1.29 is 14.0 Å². The Bertz CT molecular complexity index is 503. The van der Waals surface area contributed by atoms with Crippen molar-refractivity contribution >= 4 is 17.5 Å². The molecule has 0 bridgehead atoms. The van der Waals surface area contributed by atoms with Gasteiger partial charge in [0.15, 0.2) is 0 Å². The van der Waals surface area contributed by atoms with Crippen LogP contribution >= 0.6 is 0 Å². The summed E-state index contributed by atoms with van der Waals surface area (Å²) in [5.41, 5.74) is 5.52. The van der Waals surface area contributed by atoms with Gasteiger partial charge in [0, 0.05) is 6.54 Å². The largest absolute Gasteiger partial charge is 0.382 e. The van der Waals surface area contributed by atoms with Crippen LogP contribution in [0.4, 0.5) is 10.1 Å². The number of halogens is 1. The van der Waals surface area contributed by atoms with Crippen molar-refractivity contribution in [2.24, 2.45) is 11.7 Å². The quantitative estimate of drug-likeness (QED) is 0.738. The molecule has 0 heterocycles. The Kier molecular flexibility index (Phi) is 5.49. The fourth-order valence-corrected chi connectivity index (χ4v) is 1.86. The third-order valence-corrected chi connectivity index (χ3v) is 2.87. The minimum absolute atomic E-state index is 0.125. The van der Waals surface area contributed by atoms with Gasteiger partial charge < -0.3 is 16.4 Å². The molecule has 0 spiro atoms. The number of hydrogen-bond acceptors (Lipinski definition) is 3. The molecule has 1 unspecified atom stereocenters. The first-order chi connectivity index (χ1) is 9.38. The second kappa shape index (κ2) is 6.88. The third-order valence-electron chi connectivity index (χ3n) is 2.87. The number of primary amides is 1. The molecule has 1 rings (SSSR count). The van der Waals surface area contributed by atoms with Crippen molar-refractivity contribution in [2.45, 2.75) is 26.8 Å². The van der Waals surface area contributed by atoms with E-state index in [2.05, 4.69) is 10.6 Å². The number of carbonyl (C=O) groups is 2. The molecule has 0 radical (unpaired) electrons. The normalized spacial score (nSPS) is 12.1. The highest BCUT2D eigenvalue weighted by Gasteiger charge is 2.24. The molecule has 6 heteroatoms. The Labute approximate surface area is 117 Å². The van der Waals surface area contributed by atoms with Gasteiger partial charge in [0.1, 0.15) is 11.9 Å². The van der Waals surface area contributed by atoms with Crippen LogP contribution in [0.15, 0.2) is 18.2 Å². The Morgan fingerprint density at radius 2 is 2.00 bits per heavy atom. The Morgan fingerprint density at radius 1 is 1.35 bits per heavy atom. The number of amides is 2. The number of rotatable bonds is 6. The molecule has 1 atom stereocenters. The number of nitrogens with one attached hydrogen (secondary N) is 2. The zero-order valence-corrected chi connectivity index (χ0v) is 11.9. The number of carbonyl (C=O) groups excluding carboxylic acids is 2. The summed E-state index contributed by atoms with van der Waals surface area (Å²) in [5, 5.41) is 5.34. The lowest BCUT2D eigenvalue weighted by atomic mass is 10.0. The van der Waals surface area contributed by atoms with Gasteiger partial charge >= 0.3 is 0 Å². The van der Waals surface area contributed by atoms with Crippen molar-refractivity contribution in [1.29, 1.82) is 0 Å². The average Bonchev–Trinajstić information content (AvgIpc) is 2.37. The van der Waals surface area contributed by atoms with E-state index in [-0.39, 0.29) is 17.2 Å². The van der Waals surface area contributed by atoms with Crippen LogP contribution in [0.2, 0.25) is 0 Å². The van der Waals surface area contributed by atoms with E-state index >= 15 is 0 Å². The van der Waals surface area contributed by atoms with E-state index in [1.165, 1.54) is 18.2 Å². The smallest absolute Gasteiger partial charge is 0.254 e. The van der Waals surface area contributed by atoms with E-state index in [4.69, 9.17) is 5.73 Å². The van der Waals surface area contributed by atoms with Crippen LogP contribution in [0.1, 0.15) is 31.1 Å². The number of hydrogen-bond donors (Lipinski definition) is 3. The van der Waals surface area contributed by atoms with Crippen molar-refractivity contribution in [3.8, 4) is 0 Å². The van der Waals surface area contributed by atoms with Gasteiger partial charge in [-0.15, -0.1) is 0 Å². The minimum atomic E-state index is -0.791. The lowest BCUT2D eigenvalue weighted by Gasteiger charge is -2.20. The van der Waals surface area contributed by atoms with Crippen molar-refractivity contribution in [2.75, 3.05) is 11.9 Å². The van der Waals surface area contributed by atoms with Gasteiger partial charge in [-0.3, -0.25) is 9.59 Å². The van der Waals surface area contributed by atoms with Crippen molar-refractivity contribution in [3.05, 3.63) is 29.6 Å². The summed E-state index contributed by atoms with van der Waals surface area (Å²) in [5.74, 6) is -1.81. The van der Waals surface area contributed by atoms with Crippen LogP contribution < -0.4 is 16.4 Å². The molecular formula is C14H20FN3O2. The fraction of sp³-hybridized carbons (Fsp3) is 0.429. The molecule has 0 fully saturated rings. The molecule has 0 aliphatic heterocycles. The number of anilines is 1. The monoisotopic (exact) mass is 281 g/mol. The second-order valence-corrected chi connectivity index (χ2v) is 4.79. The van der Waals surface area contributed by atoms with Gasteiger partial charge in [0.2, 0.25) is 5.91 Å². The van der Waals surface area contributed by atoms with E-state index < -0.39 is 23.7 Å². The van der Waals surface area contributed by atoms with Gasteiger partial charge in [-0.1, -0.05) is 19.9 Å². The first-order valence-corrected chi connectivity index (χ1v) is 6.51. The van der Waals surface area contributed by atoms with Gasteiger partial charge in [-0.25, -0.2) is 4.39 Å². The van der Waals surface area contributed by atoms with Gasteiger partial charge in [0.25, 0.3) is 5.91 Å². The van der Waals surface area contributed by atoms with Crippen LogP contribution in [0, 0.1) is 11.7 Å². The highest BCUT2D eigenvalue weighted by molar-refractivity contribution is 6.01. The molecule has 0 saturated carbocycles. The van der Waals surface area contributed by atoms with E-state index in [9.17, 15) is 14.0 Å². The van der Waals surface area contributed by atoms with E-state index in [0.29, 0.717) is 6.54 Å². The van der Waals surface area contributed by atoms with Crippen molar-refractivity contribution in [3.63, 3.8) is 0 Å². The van der Waals surface area contributed by atoms with Gasteiger partial charge in [-0.2, -0.15) is 0 Å². The molecule has 1 aromatic rings. The van der Waals surface area contributed by atoms with Crippen molar-refractivity contribution in [1.82, 2.24) is 5.32 Å². The summed E-state index contributed by atoms with van der Waals surface area (Å²) in [6, 6.07) is 3.41. The molecule has 5 nitrogen and oxygen atoms in total. The summed E-state index contributed by atoms with van der Waals surface area (Å²) in [4.78, 5) is 23.5. The molecular weight excluding hydrogens is 261 g/mol. The molecule has 0 aliphatic rings. The van der Waals surface area contributed by atoms with Crippen LogP contribution in [0.25, 0.3) is 0 Å². The molecule has 4 N–H and O–H groups in total. The second-order valence-electron chi connectivity index (χ2n) is 4.79. The average molecular weight is 281 g/mol. The molecule has 0 saturated heterocycles. The number of para-hydroxylation sites is 1. The lowest BCUT2D eigenvalue weighted by Crippen LogP contribution is -2.47. The van der Waals surface area contributed by atoms with E-state index in [0.717, 1.165) is 0 Å². The highest BCUT2D eigenvalue weighted by atomic mass is 19.1. The third kappa shape index (κ3) is 3.69. The standard InChI is InChI=1S/C14H20FN3O2/c1-4-17-12-9(6-5-7-10(12)15)14(20)18-11(8(2)3)13(16)19/h5-8,11,17H,4H2,1-3H3,(H2,16,19)(H,18,20). The molecule has 110 valence electrons. The molecule has 0 aromatic heterocycles. The maximum atomic E-state index is 13.7. The fourth-order valence-electron chi connectivity index (χ4n) is 1.86. The van der Waals surface area contributed by atoms with E-state index in [1.807, 2.05) is 0 Å². The van der Waals surface area contributed by atoms with Gasteiger partial charge in [-0.05, 0) is 25.0 Å². The van der Waals surface area contributed by atoms with Gasteiger partial charge in [0.05, 0.1) is 11.3 Å². The topological polar surface area (TPSA) is 84.2 Å². The molecule has 20 heavy (non-hydrogen) atoms. The summed E-state index contributed by atoms with van der Waals surface area (Å²) < 4.78 is 13.7. The summed E-state index contributed by atoms with van der Waals surface area (Å²) >= 11 is 0. The zero-order chi connectivity index (χ0) is 15.3. The highest BCUT2D eigenvalue weighted by Crippen LogP contribution is 2.20. The Morgan fingerprint density at radius 3 is 2.50 bits per heavy atom. The minimum Gasteiger partial charge on any atom is -0.382 e. The first-order valence-electron chi connectivity index (χ1n) is 6.51. The molecule has 2 amide bonds. The maximum absolute atomic E-state index is 13.7. The first kappa shape index (κ1) is 15.9. The Balaban J connectivity index is 3.03. The summed E-state index contributed by atoms with van der Waals surface area (Å²) in [6.45, 7) is 5.82. The molecule has 0 aliphatic carbocycles.